The van der Waals surface area contributed by atoms with Crippen molar-refractivity contribution in [2.75, 3.05) is 13.1 Å². The SMILES string of the molecule is CC(O)CN(CC(C)O)C(=O)C1CCCCC1C(=O)O. The molecule has 0 aliphatic heterocycles. The van der Waals surface area contributed by atoms with E-state index >= 15 is 0 Å². The lowest BCUT2D eigenvalue weighted by molar-refractivity contribution is -0.153. The summed E-state index contributed by atoms with van der Waals surface area (Å²) >= 11 is 0. The molecule has 0 radical (unpaired) electrons. The van der Waals surface area contributed by atoms with Gasteiger partial charge in [0.2, 0.25) is 5.91 Å². The number of rotatable bonds is 6. The van der Waals surface area contributed by atoms with Gasteiger partial charge in [-0.25, -0.2) is 0 Å². The number of aliphatic hydroxyl groups is 2. The molecule has 0 saturated heterocycles. The molecule has 1 rings (SSSR count). The van der Waals surface area contributed by atoms with Gasteiger partial charge in [0.05, 0.1) is 24.0 Å². The van der Waals surface area contributed by atoms with Gasteiger partial charge in [-0.15, -0.1) is 0 Å². The van der Waals surface area contributed by atoms with Crippen LogP contribution in [0.4, 0.5) is 0 Å². The van der Waals surface area contributed by atoms with E-state index in [4.69, 9.17) is 0 Å². The van der Waals surface area contributed by atoms with Gasteiger partial charge in [0.1, 0.15) is 0 Å². The van der Waals surface area contributed by atoms with Gasteiger partial charge in [0.25, 0.3) is 0 Å². The Hall–Kier alpha value is -1.14. The van der Waals surface area contributed by atoms with E-state index in [0.717, 1.165) is 12.8 Å². The van der Waals surface area contributed by atoms with Crippen LogP contribution in [-0.4, -0.2) is 57.4 Å². The third-order valence-corrected chi connectivity index (χ3v) is 3.68. The molecule has 3 N–H and O–H groups in total. The largest absolute Gasteiger partial charge is 0.481 e. The Kier molecular flexibility index (Phi) is 6.42. The van der Waals surface area contributed by atoms with Crippen molar-refractivity contribution in [1.29, 1.82) is 0 Å². The molecular formula is C14H25NO5. The van der Waals surface area contributed by atoms with Crippen LogP contribution in [0, 0.1) is 11.8 Å². The highest BCUT2D eigenvalue weighted by Crippen LogP contribution is 2.31. The Labute approximate surface area is 119 Å². The molecule has 0 aromatic rings. The molecule has 1 aliphatic carbocycles. The molecule has 1 saturated carbocycles. The minimum Gasteiger partial charge on any atom is -0.481 e. The van der Waals surface area contributed by atoms with Gasteiger partial charge in [-0.1, -0.05) is 12.8 Å². The highest BCUT2D eigenvalue weighted by atomic mass is 16.4. The van der Waals surface area contributed by atoms with Crippen molar-refractivity contribution >= 4 is 11.9 Å². The molecule has 1 amide bonds. The number of hydrogen-bond acceptors (Lipinski definition) is 4. The van der Waals surface area contributed by atoms with Crippen molar-refractivity contribution in [3.63, 3.8) is 0 Å². The van der Waals surface area contributed by atoms with E-state index in [0.29, 0.717) is 12.8 Å². The molecule has 0 bridgehead atoms. The van der Waals surface area contributed by atoms with E-state index in [1.165, 1.54) is 4.90 Å². The fourth-order valence-corrected chi connectivity index (χ4v) is 2.85. The Morgan fingerprint density at radius 1 is 1.05 bits per heavy atom. The summed E-state index contributed by atoms with van der Waals surface area (Å²) in [6.07, 6.45) is 1.34. The molecule has 1 aliphatic rings. The first kappa shape index (κ1) is 16.9. The maximum absolute atomic E-state index is 12.5. The normalized spacial score (nSPS) is 25.8. The number of carbonyl (C=O) groups excluding carboxylic acids is 1. The van der Waals surface area contributed by atoms with Gasteiger partial charge in [0.15, 0.2) is 0 Å². The van der Waals surface area contributed by atoms with Gasteiger partial charge in [-0.3, -0.25) is 9.59 Å². The van der Waals surface area contributed by atoms with Crippen molar-refractivity contribution < 1.29 is 24.9 Å². The van der Waals surface area contributed by atoms with Crippen LogP contribution in [0.5, 0.6) is 0 Å². The molecule has 0 aromatic heterocycles. The van der Waals surface area contributed by atoms with Gasteiger partial charge >= 0.3 is 5.97 Å². The predicted molar refractivity (Wildman–Crippen MR) is 73.0 cm³/mol. The zero-order chi connectivity index (χ0) is 15.3. The lowest BCUT2D eigenvalue weighted by Crippen LogP contribution is -2.47. The summed E-state index contributed by atoms with van der Waals surface area (Å²) < 4.78 is 0. The first-order valence-corrected chi connectivity index (χ1v) is 7.20. The van der Waals surface area contributed by atoms with Crippen molar-refractivity contribution in [2.24, 2.45) is 11.8 Å². The predicted octanol–water partition coefficient (Wildman–Crippen LogP) is 0.468. The Bertz CT molecular complexity index is 332. The van der Waals surface area contributed by atoms with E-state index in [2.05, 4.69) is 0 Å². The zero-order valence-corrected chi connectivity index (χ0v) is 12.2. The van der Waals surface area contributed by atoms with E-state index in [-0.39, 0.29) is 19.0 Å². The van der Waals surface area contributed by atoms with Crippen LogP contribution >= 0.6 is 0 Å². The Balaban J connectivity index is 2.82. The van der Waals surface area contributed by atoms with Crippen molar-refractivity contribution in [3.8, 4) is 0 Å². The lowest BCUT2D eigenvalue weighted by atomic mass is 9.78. The van der Waals surface area contributed by atoms with Crippen LogP contribution in [0.1, 0.15) is 39.5 Å². The quantitative estimate of drug-likeness (QED) is 0.659. The smallest absolute Gasteiger partial charge is 0.307 e. The fourth-order valence-electron chi connectivity index (χ4n) is 2.85. The third-order valence-electron chi connectivity index (χ3n) is 3.68. The molecule has 4 unspecified atom stereocenters. The number of carbonyl (C=O) groups is 2. The summed E-state index contributed by atoms with van der Waals surface area (Å²) in [5.41, 5.74) is 0. The highest BCUT2D eigenvalue weighted by molar-refractivity contribution is 5.85. The summed E-state index contributed by atoms with van der Waals surface area (Å²) in [4.78, 5) is 25.2. The molecular weight excluding hydrogens is 262 g/mol. The molecule has 0 spiro atoms. The van der Waals surface area contributed by atoms with Gasteiger partial charge < -0.3 is 20.2 Å². The van der Waals surface area contributed by atoms with Gasteiger partial charge in [-0.05, 0) is 26.7 Å². The minimum absolute atomic E-state index is 0.118. The Morgan fingerprint density at radius 3 is 1.90 bits per heavy atom. The number of nitrogens with zero attached hydrogens (tertiary/aromatic N) is 1. The number of carboxylic acid groups (broad SMARTS) is 1. The summed E-state index contributed by atoms with van der Waals surface area (Å²) in [5, 5.41) is 28.2. The van der Waals surface area contributed by atoms with Crippen LogP contribution in [-0.2, 0) is 9.59 Å². The van der Waals surface area contributed by atoms with E-state index in [9.17, 15) is 24.9 Å². The molecule has 1 fully saturated rings. The first-order chi connectivity index (χ1) is 9.32. The molecule has 0 aromatic carbocycles. The maximum atomic E-state index is 12.5. The number of carboxylic acids is 1. The first-order valence-electron chi connectivity index (χ1n) is 7.20. The lowest BCUT2D eigenvalue weighted by Gasteiger charge is -2.34. The van der Waals surface area contributed by atoms with Crippen LogP contribution in [0.3, 0.4) is 0 Å². The van der Waals surface area contributed by atoms with Crippen molar-refractivity contribution in [2.45, 2.75) is 51.7 Å². The van der Waals surface area contributed by atoms with Crippen molar-refractivity contribution in [3.05, 3.63) is 0 Å². The molecule has 4 atom stereocenters. The van der Waals surface area contributed by atoms with Crippen molar-refractivity contribution in [1.82, 2.24) is 4.90 Å². The van der Waals surface area contributed by atoms with Gasteiger partial charge in [-0.2, -0.15) is 0 Å². The van der Waals surface area contributed by atoms with Crippen LogP contribution in [0.2, 0.25) is 0 Å². The van der Waals surface area contributed by atoms with Gasteiger partial charge in [0, 0.05) is 13.1 Å². The maximum Gasteiger partial charge on any atom is 0.307 e. The number of amides is 1. The zero-order valence-electron chi connectivity index (χ0n) is 12.2. The molecule has 6 nitrogen and oxygen atoms in total. The highest BCUT2D eigenvalue weighted by Gasteiger charge is 2.38. The second kappa shape index (κ2) is 7.59. The molecule has 6 heteroatoms. The number of aliphatic hydroxyl groups excluding tert-OH is 2. The standard InChI is InChI=1S/C14H25NO5/c1-9(16)7-15(8-10(2)17)13(18)11-5-3-4-6-12(11)14(19)20/h9-12,16-17H,3-8H2,1-2H3,(H,19,20). The summed E-state index contributed by atoms with van der Waals surface area (Å²) in [7, 11) is 0. The third kappa shape index (κ3) is 4.76. The monoisotopic (exact) mass is 287 g/mol. The van der Waals surface area contributed by atoms with E-state index in [1.807, 2.05) is 0 Å². The number of aliphatic carboxylic acids is 1. The second-order valence-electron chi connectivity index (χ2n) is 5.78. The second-order valence-corrected chi connectivity index (χ2v) is 5.78. The molecule has 20 heavy (non-hydrogen) atoms. The van der Waals surface area contributed by atoms with Crippen LogP contribution in [0.25, 0.3) is 0 Å². The Morgan fingerprint density at radius 2 is 1.50 bits per heavy atom. The molecule has 0 heterocycles. The fraction of sp³-hybridized carbons (Fsp3) is 0.857. The average Bonchev–Trinajstić information content (AvgIpc) is 2.36. The number of hydrogen-bond donors (Lipinski definition) is 3. The topological polar surface area (TPSA) is 98.1 Å². The summed E-state index contributed by atoms with van der Waals surface area (Å²) in [5.74, 6) is -2.39. The average molecular weight is 287 g/mol. The summed E-state index contributed by atoms with van der Waals surface area (Å²) in [6, 6.07) is 0. The van der Waals surface area contributed by atoms with E-state index < -0.39 is 30.0 Å². The minimum atomic E-state index is -0.933. The van der Waals surface area contributed by atoms with Crippen LogP contribution in [0.15, 0.2) is 0 Å². The van der Waals surface area contributed by atoms with E-state index in [1.54, 1.807) is 13.8 Å². The molecule has 116 valence electrons. The summed E-state index contributed by atoms with van der Waals surface area (Å²) in [6.45, 7) is 3.37. The van der Waals surface area contributed by atoms with Crippen LogP contribution < -0.4 is 0 Å².